The maximum Gasteiger partial charge on any atom is 0.240 e. The van der Waals surface area contributed by atoms with E-state index in [9.17, 15) is 8.42 Å². The average Bonchev–Trinajstić information content (AvgIpc) is 3.14. The number of aromatic nitrogens is 1. The zero-order valence-corrected chi connectivity index (χ0v) is 18.9. The van der Waals surface area contributed by atoms with E-state index in [2.05, 4.69) is 9.71 Å². The van der Waals surface area contributed by atoms with Crippen LogP contribution in [0.4, 0.5) is 0 Å². The minimum absolute atomic E-state index is 0.352. The molecular weight excluding hydrogens is 416 g/mol. The van der Waals surface area contributed by atoms with E-state index in [1.54, 1.807) is 24.5 Å². The van der Waals surface area contributed by atoms with Crippen LogP contribution >= 0.6 is 11.3 Å². The van der Waals surface area contributed by atoms with Gasteiger partial charge in [0.05, 0.1) is 17.7 Å². The Hall–Kier alpha value is -2.22. The molecule has 3 aromatic rings. The van der Waals surface area contributed by atoms with Crippen molar-refractivity contribution in [3.05, 3.63) is 64.2 Å². The van der Waals surface area contributed by atoms with Crippen LogP contribution in [0.15, 0.2) is 47.4 Å². The minimum atomic E-state index is -3.51. The topological polar surface area (TPSA) is 68.3 Å². The van der Waals surface area contributed by atoms with Gasteiger partial charge in [-0.05, 0) is 86.6 Å². The average molecular weight is 443 g/mol. The summed E-state index contributed by atoms with van der Waals surface area (Å²) in [7, 11) is -1.86. The highest BCUT2D eigenvalue weighted by Gasteiger charge is 2.18. The van der Waals surface area contributed by atoms with E-state index >= 15 is 0 Å². The summed E-state index contributed by atoms with van der Waals surface area (Å²) in [6.07, 6.45) is 4.94. The summed E-state index contributed by atoms with van der Waals surface area (Å²) in [5.41, 5.74) is 4.43. The molecule has 1 aromatic heterocycles. The van der Waals surface area contributed by atoms with Gasteiger partial charge >= 0.3 is 0 Å². The quantitative estimate of drug-likeness (QED) is 0.584. The van der Waals surface area contributed by atoms with Crippen LogP contribution < -0.4 is 9.46 Å². The number of sulfonamides is 1. The zero-order valence-electron chi connectivity index (χ0n) is 17.3. The molecule has 0 atom stereocenters. The maximum atomic E-state index is 12.7. The first-order valence-corrected chi connectivity index (χ1v) is 12.5. The van der Waals surface area contributed by atoms with Crippen LogP contribution in [0.3, 0.4) is 0 Å². The molecule has 0 aliphatic heterocycles. The maximum absolute atomic E-state index is 12.7. The van der Waals surface area contributed by atoms with Crippen molar-refractivity contribution >= 4 is 21.4 Å². The molecule has 158 valence electrons. The molecule has 1 aliphatic carbocycles. The van der Waals surface area contributed by atoms with Gasteiger partial charge in [0.25, 0.3) is 0 Å². The number of benzene rings is 2. The van der Waals surface area contributed by atoms with Crippen LogP contribution in [-0.2, 0) is 29.3 Å². The monoisotopic (exact) mass is 442 g/mol. The Balaban J connectivity index is 1.42. The molecule has 1 aliphatic rings. The Bertz CT molecular complexity index is 1140. The lowest BCUT2D eigenvalue weighted by molar-refractivity contribution is 0.415. The van der Waals surface area contributed by atoms with Crippen LogP contribution in [0.5, 0.6) is 5.75 Å². The number of ether oxygens (including phenoxy) is 1. The molecule has 0 saturated heterocycles. The van der Waals surface area contributed by atoms with Crippen molar-refractivity contribution in [2.45, 2.75) is 43.9 Å². The lowest BCUT2D eigenvalue weighted by Gasteiger charge is -2.16. The van der Waals surface area contributed by atoms with Gasteiger partial charge in [-0.2, -0.15) is 0 Å². The molecule has 0 fully saturated rings. The third-order valence-corrected chi connectivity index (χ3v) is 8.23. The standard InChI is InChI=1S/C23H26N2O3S2/c1-16-22(29-23(25-16)18-7-10-20(28-2)11-8-18)13-14-24-30(26,27)21-12-9-17-5-3-4-6-19(17)15-21/h7-12,15,24H,3-6,13-14H2,1-2H3. The number of hydrogen-bond donors (Lipinski definition) is 1. The van der Waals surface area contributed by atoms with Crippen molar-refractivity contribution in [1.29, 1.82) is 0 Å². The molecule has 0 amide bonds. The second kappa shape index (κ2) is 8.88. The number of nitrogens with one attached hydrogen (secondary N) is 1. The Kier molecular flexibility index (Phi) is 6.22. The van der Waals surface area contributed by atoms with Crippen molar-refractivity contribution in [3.8, 4) is 16.3 Å². The molecule has 5 nitrogen and oxygen atoms in total. The van der Waals surface area contributed by atoms with Gasteiger partial charge in [-0.3, -0.25) is 0 Å². The van der Waals surface area contributed by atoms with E-state index in [1.165, 1.54) is 17.5 Å². The van der Waals surface area contributed by atoms with Gasteiger partial charge in [-0.15, -0.1) is 11.3 Å². The van der Waals surface area contributed by atoms with E-state index in [4.69, 9.17) is 4.74 Å². The van der Waals surface area contributed by atoms with Gasteiger partial charge in [-0.25, -0.2) is 18.1 Å². The number of rotatable bonds is 7. The van der Waals surface area contributed by atoms with Gasteiger partial charge < -0.3 is 4.74 Å². The Morgan fingerprint density at radius 2 is 1.80 bits per heavy atom. The molecule has 30 heavy (non-hydrogen) atoms. The van der Waals surface area contributed by atoms with Crippen LogP contribution in [0.25, 0.3) is 10.6 Å². The van der Waals surface area contributed by atoms with E-state index in [0.717, 1.165) is 46.2 Å². The number of aryl methyl sites for hydroxylation is 3. The van der Waals surface area contributed by atoms with Gasteiger partial charge in [0.2, 0.25) is 10.0 Å². The number of hydrogen-bond acceptors (Lipinski definition) is 5. The van der Waals surface area contributed by atoms with Crippen molar-refractivity contribution in [2.24, 2.45) is 0 Å². The summed E-state index contributed by atoms with van der Waals surface area (Å²) in [6.45, 7) is 2.32. The summed E-state index contributed by atoms with van der Waals surface area (Å²) in [5, 5.41) is 0.933. The van der Waals surface area contributed by atoms with Gasteiger partial charge in [0.1, 0.15) is 10.8 Å². The molecule has 0 unspecified atom stereocenters. The first kappa shape index (κ1) is 21.0. The molecule has 0 bridgehead atoms. The van der Waals surface area contributed by atoms with Crippen LogP contribution in [0, 0.1) is 6.92 Å². The zero-order chi connectivity index (χ0) is 21.1. The highest BCUT2D eigenvalue weighted by Crippen LogP contribution is 2.29. The molecule has 0 saturated carbocycles. The molecule has 0 radical (unpaired) electrons. The molecule has 4 rings (SSSR count). The number of thiazole rings is 1. The number of fused-ring (bicyclic) bond motifs is 1. The minimum Gasteiger partial charge on any atom is -0.497 e. The predicted molar refractivity (Wildman–Crippen MR) is 121 cm³/mol. The molecular formula is C23H26N2O3S2. The van der Waals surface area contributed by atoms with E-state index in [0.29, 0.717) is 17.9 Å². The van der Waals surface area contributed by atoms with E-state index in [1.807, 2.05) is 43.3 Å². The van der Waals surface area contributed by atoms with E-state index in [-0.39, 0.29) is 0 Å². The fraction of sp³-hybridized carbons (Fsp3) is 0.348. The van der Waals surface area contributed by atoms with Crippen molar-refractivity contribution in [1.82, 2.24) is 9.71 Å². The molecule has 0 spiro atoms. The molecule has 1 heterocycles. The summed E-state index contributed by atoms with van der Waals surface area (Å²) >= 11 is 1.60. The fourth-order valence-electron chi connectivity index (χ4n) is 3.78. The molecule has 2 aromatic carbocycles. The van der Waals surface area contributed by atoms with Crippen LogP contribution in [0.1, 0.15) is 34.5 Å². The third kappa shape index (κ3) is 4.58. The second-order valence-electron chi connectivity index (χ2n) is 7.54. The smallest absolute Gasteiger partial charge is 0.240 e. The largest absolute Gasteiger partial charge is 0.497 e. The van der Waals surface area contributed by atoms with Gasteiger partial charge in [0, 0.05) is 17.0 Å². The molecule has 7 heteroatoms. The fourth-order valence-corrected chi connectivity index (χ4v) is 5.93. The summed E-state index contributed by atoms with van der Waals surface area (Å²) < 4.78 is 33.5. The Morgan fingerprint density at radius 3 is 2.53 bits per heavy atom. The highest BCUT2D eigenvalue weighted by molar-refractivity contribution is 7.89. The lowest BCUT2D eigenvalue weighted by Crippen LogP contribution is -2.26. The lowest BCUT2D eigenvalue weighted by atomic mass is 9.92. The van der Waals surface area contributed by atoms with Crippen molar-refractivity contribution in [3.63, 3.8) is 0 Å². The first-order chi connectivity index (χ1) is 14.5. The molecule has 1 N–H and O–H groups in total. The van der Waals surface area contributed by atoms with Gasteiger partial charge in [-0.1, -0.05) is 6.07 Å². The van der Waals surface area contributed by atoms with E-state index < -0.39 is 10.0 Å². The van der Waals surface area contributed by atoms with Gasteiger partial charge in [0.15, 0.2) is 0 Å². The Morgan fingerprint density at radius 1 is 1.07 bits per heavy atom. The summed E-state index contributed by atoms with van der Waals surface area (Å²) in [6, 6.07) is 13.3. The van der Waals surface area contributed by atoms with Crippen LogP contribution in [0.2, 0.25) is 0 Å². The number of nitrogens with zero attached hydrogens (tertiary/aromatic N) is 1. The normalized spacial score (nSPS) is 13.8. The van der Waals surface area contributed by atoms with Crippen molar-refractivity contribution in [2.75, 3.05) is 13.7 Å². The van der Waals surface area contributed by atoms with Crippen molar-refractivity contribution < 1.29 is 13.2 Å². The SMILES string of the molecule is COc1ccc(-c2nc(C)c(CCNS(=O)(=O)c3ccc4c(c3)CCCC4)s2)cc1. The summed E-state index contributed by atoms with van der Waals surface area (Å²) in [5.74, 6) is 0.809. The first-order valence-electron chi connectivity index (χ1n) is 10.2. The second-order valence-corrected chi connectivity index (χ2v) is 10.4. The Labute approximate surface area is 182 Å². The number of methoxy groups -OCH3 is 1. The highest BCUT2D eigenvalue weighted by atomic mass is 32.2. The summed E-state index contributed by atoms with van der Waals surface area (Å²) in [4.78, 5) is 6.11. The van der Waals surface area contributed by atoms with Crippen LogP contribution in [-0.4, -0.2) is 27.1 Å². The third-order valence-electron chi connectivity index (χ3n) is 5.50. The predicted octanol–water partition coefficient (Wildman–Crippen LogP) is 4.53.